The molecule has 5 nitrogen and oxygen atoms in total. The van der Waals surface area contributed by atoms with E-state index in [1.165, 1.54) is 12.0 Å². The lowest BCUT2D eigenvalue weighted by molar-refractivity contribution is -0.137. The molecule has 0 N–H and O–H groups in total. The number of amides is 1. The number of ether oxygens (including phenoxy) is 1. The van der Waals surface area contributed by atoms with E-state index in [4.69, 9.17) is 4.74 Å². The molecule has 1 fully saturated rings. The van der Waals surface area contributed by atoms with Crippen molar-refractivity contribution in [3.8, 4) is 5.75 Å². The van der Waals surface area contributed by atoms with Crippen LogP contribution >= 0.6 is 0 Å². The Hall–Kier alpha value is -1.59. The zero-order chi connectivity index (χ0) is 17.6. The minimum Gasteiger partial charge on any atom is -0.493 e. The number of carbonyl (C=O) groups is 1. The third-order valence-electron chi connectivity index (χ3n) is 5.28. The zero-order valence-corrected chi connectivity index (χ0v) is 15.6. The van der Waals surface area contributed by atoms with Crippen molar-refractivity contribution >= 4 is 5.91 Å². The maximum Gasteiger partial charge on any atom is 0.226 e. The average Bonchev–Trinajstić information content (AvgIpc) is 2.84. The first-order chi connectivity index (χ1) is 12.1. The molecule has 2 heterocycles. The fourth-order valence-corrected chi connectivity index (χ4v) is 3.76. The maximum atomic E-state index is 13.0. The molecule has 0 aliphatic carbocycles. The smallest absolute Gasteiger partial charge is 0.226 e. The summed E-state index contributed by atoms with van der Waals surface area (Å²) in [5.74, 6) is 1.32. The van der Waals surface area contributed by atoms with Crippen molar-refractivity contribution in [2.45, 2.75) is 19.3 Å². The summed E-state index contributed by atoms with van der Waals surface area (Å²) in [6.45, 7) is 6.61. The topological polar surface area (TPSA) is 36.0 Å². The van der Waals surface area contributed by atoms with E-state index in [-0.39, 0.29) is 5.92 Å². The van der Waals surface area contributed by atoms with Gasteiger partial charge in [0.2, 0.25) is 5.91 Å². The maximum absolute atomic E-state index is 13.0. The van der Waals surface area contributed by atoms with E-state index >= 15 is 0 Å². The summed E-state index contributed by atoms with van der Waals surface area (Å²) in [5, 5.41) is 0. The van der Waals surface area contributed by atoms with E-state index in [2.05, 4.69) is 34.9 Å². The number of carbonyl (C=O) groups excluding carboxylic acids is 1. The molecular weight excluding hydrogens is 314 g/mol. The van der Waals surface area contributed by atoms with Crippen molar-refractivity contribution in [1.82, 2.24) is 14.7 Å². The largest absolute Gasteiger partial charge is 0.493 e. The molecule has 3 rings (SSSR count). The van der Waals surface area contributed by atoms with E-state index in [1.54, 1.807) is 0 Å². The number of nitrogens with zero attached hydrogens (tertiary/aromatic N) is 3. The Morgan fingerprint density at radius 3 is 2.72 bits per heavy atom. The summed E-state index contributed by atoms with van der Waals surface area (Å²) in [6.07, 6.45) is 2.81. The van der Waals surface area contributed by atoms with Crippen LogP contribution in [-0.4, -0.2) is 80.6 Å². The van der Waals surface area contributed by atoms with Gasteiger partial charge in [0.15, 0.2) is 0 Å². The van der Waals surface area contributed by atoms with Gasteiger partial charge < -0.3 is 14.5 Å². The van der Waals surface area contributed by atoms with Crippen LogP contribution in [0.15, 0.2) is 24.3 Å². The summed E-state index contributed by atoms with van der Waals surface area (Å²) >= 11 is 0. The molecular formula is C20H31N3O2. The fourth-order valence-electron chi connectivity index (χ4n) is 3.76. The second kappa shape index (κ2) is 8.68. The first kappa shape index (κ1) is 18.2. The molecule has 2 aliphatic heterocycles. The molecule has 1 aromatic carbocycles. The van der Waals surface area contributed by atoms with Crippen molar-refractivity contribution in [2.75, 3.05) is 60.0 Å². The van der Waals surface area contributed by atoms with Crippen molar-refractivity contribution in [3.05, 3.63) is 29.8 Å². The fraction of sp³-hybridized carbons (Fsp3) is 0.650. The number of fused-ring (bicyclic) bond motifs is 1. The van der Waals surface area contributed by atoms with Crippen LogP contribution in [0.4, 0.5) is 0 Å². The molecule has 1 saturated heterocycles. The second-order valence-corrected chi connectivity index (χ2v) is 7.47. The van der Waals surface area contributed by atoms with Crippen LogP contribution in [0.2, 0.25) is 0 Å². The molecule has 0 radical (unpaired) electrons. The SMILES string of the molecule is CN(C)CCCN1CCN(C(=O)[C@H]2CCOc3ccccc3C2)CC1. The molecule has 1 amide bonds. The number of benzene rings is 1. The molecule has 0 aromatic heterocycles. The number of para-hydroxylation sites is 1. The summed E-state index contributed by atoms with van der Waals surface area (Å²) < 4.78 is 5.81. The average molecular weight is 345 g/mol. The van der Waals surface area contributed by atoms with Gasteiger partial charge in [-0.2, -0.15) is 0 Å². The third kappa shape index (κ3) is 4.95. The van der Waals surface area contributed by atoms with Crippen LogP contribution < -0.4 is 4.74 Å². The summed E-state index contributed by atoms with van der Waals surface area (Å²) in [6, 6.07) is 8.12. The van der Waals surface area contributed by atoms with E-state index in [0.29, 0.717) is 12.5 Å². The van der Waals surface area contributed by atoms with Gasteiger partial charge in [0.05, 0.1) is 6.61 Å². The van der Waals surface area contributed by atoms with E-state index in [0.717, 1.165) is 57.9 Å². The predicted octanol–water partition coefficient (Wildman–Crippen LogP) is 1.72. The van der Waals surface area contributed by atoms with Crippen LogP contribution in [0.25, 0.3) is 0 Å². The molecule has 2 aliphatic rings. The van der Waals surface area contributed by atoms with Gasteiger partial charge in [-0.3, -0.25) is 9.69 Å². The van der Waals surface area contributed by atoms with Gasteiger partial charge in [-0.15, -0.1) is 0 Å². The Morgan fingerprint density at radius 1 is 1.20 bits per heavy atom. The second-order valence-electron chi connectivity index (χ2n) is 7.47. The Labute approximate surface area is 151 Å². The van der Waals surface area contributed by atoms with Crippen LogP contribution in [-0.2, 0) is 11.2 Å². The monoisotopic (exact) mass is 345 g/mol. The lowest BCUT2D eigenvalue weighted by Crippen LogP contribution is -2.50. The first-order valence-corrected chi connectivity index (χ1v) is 9.50. The van der Waals surface area contributed by atoms with Gasteiger partial charge >= 0.3 is 0 Å². The molecule has 5 heteroatoms. The standard InChI is InChI=1S/C20H31N3O2/c1-21(2)9-5-10-22-11-13-23(14-12-22)20(24)18-8-15-25-19-7-4-3-6-17(19)16-18/h3-4,6-7,18H,5,8-16H2,1-2H3/t18-/m0/s1. The predicted molar refractivity (Wildman–Crippen MR) is 99.9 cm³/mol. The highest BCUT2D eigenvalue weighted by Crippen LogP contribution is 2.27. The van der Waals surface area contributed by atoms with Crippen LogP contribution in [0, 0.1) is 5.92 Å². The van der Waals surface area contributed by atoms with Crippen LogP contribution in [0.3, 0.4) is 0 Å². The molecule has 0 spiro atoms. The minimum absolute atomic E-state index is 0.0592. The van der Waals surface area contributed by atoms with Crippen molar-refractivity contribution in [1.29, 1.82) is 0 Å². The third-order valence-corrected chi connectivity index (χ3v) is 5.28. The van der Waals surface area contributed by atoms with Gasteiger partial charge in [-0.25, -0.2) is 0 Å². The lowest BCUT2D eigenvalue weighted by atomic mass is 9.95. The number of rotatable bonds is 5. The van der Waals surface area contributed by atoms with Gasteiger partial charge in [-0.05, 0) is 58.1 Å². The Bertz CT molecular complexity index is 568. The van der Waals surface area contributed by atoms with Crippen molar-refractivity contribution in [2.24, 2.45) is 5.92 Å². The lowest BCUT2D eigenvalue weighted by Gasteiger charge is -2.36. The van der Waals surface area contributed by atoms with E-state index in [1.807, 2.05) is 18.2 Å². The Kier molecular flexibility index (Phi) is 6.32. The van der Waals surface area contributed by atoms with E-state index < -0.39 is 0 Å². The highest BCUT2D eigenvalue weighted by Gasteiger charge is 2.29. The minimum atomic E-state index is 0.0592. The quantitative estimate of drug-likeness (QED) is 0.814. The number of hydrogen-bond donors (Lipinski definition) is 0. The molecule has 0 unspecified atom stereocenters. The normalized spacial score (nSPS) is 21.6. The van der Waals surface area contributed by atoms with Crippen molar-refractivity contribution < 1.29 is 9.53 Å². The summed E-state index contributed by atoms with van der Waals surface area (Å²) in [7, 11) is 4.23. The Morgan fingerprint density at radius 2 is 1.96 bits per heavy atom. The highest BCUT2D eigenvalue weighted by atomic mass is 16.5. The zero-order valence-electron chi connectivity index (χ0n) is 15.6. The molecule has 0 bridgehead atoms. The van der Waals surface area contributed by atoms with Crippen LogP contribution in [0.5, 0.6) is 5.75 Å². The summed E-state index contributed by atoms with van der Waals surface area (Å²) in [5.41, 5.74) is 1.17. The van der Waals surface area contributed by atoms with E-state index in [9.17, 15) is 4.79 Å². The highest BCUT2D eigenvalue weighted by molar-refractivity contribution is 5.79. The summed E-state index contributed by atoms with van der Waals surface area (Å²) in [4.78, 5) is 19.8. The van der Waals surface area contributed by atoms with Gasteiger partial charge in [0.1, 0.15) is 5.75 Å². The molecule has 0 saturated carbocycles. The van der Waals surface area contributed by atoms with Crippen molar-refractivity contribution in [3.63, 3.8) is 0 Å². The number of hydrogen-bond acceptors (Lipinski definition) is 4. The molecule has 1 atom stereocenters. The van der Waals surface area contributed by atoms with Gasteiger partial charge in [-0.1, -0.05) is 18.2 Å². The first-order valence-electron chi connectivity index (χ1n) is 9.50. The molecule has 25 heavy (non-hydrogen) atoms. The molecule has 1 aromatic rings. The molecule has 138 valence electrons. The van der Waals surface area contributed by atoms with Gasteiger partial charge in [0, 0.05) is 32.1 Å². The number of piperazine rings is 1. The van der Waals surface area contributed by atoms with Crippen LogP contribution in [0.1, 0.15) is 18.4 Å². The van der Waals surface area contributed by atoms with Gasteiger partial charge in [0.25, 0.3) is 0 Å². The Balaban J connectivity index is 1.49.